The van der Waals surface area contributed by atoms with Crippen molar-refractivity contribution in [3.8, 4) is 0 Å². The Morgan fingerprint density at radius 1 is 1.29 bits per heavy atom. The predicted molar refractivity (Wildman–Crippen MR) is 57.9 cm³/mol. The zero-order chi connectivity index (χ0) is 12.0. The molecule has 2 saturated heterocycles. The van der Waals surface area contributed by atoms with Crippen molar-refractivity contribution in [2.45, 2.75) is 31.3 Å². The number of likely N-dealkylation sites (tertiary alicyclic amines) is 1. The molecule has 0 radical (unpaired) electrons. The van der Waals surface area contributed by atoms with E-state index in [1.165, 1.54) is 4.90 Å². The largest absolute Gasteiger partial charge is 0.386 e. The average Bonchev–Trinajstić information content (AvgIpc) is 2.90. The Hall–Kier alpha value is -0.940. The molecular weight excluding hydrogens is 222 g/mol. The molecule has 0 aromatic carbocycles. The predicted octanol–water partition coefficient (Wildman–Crippen LogP) is -0.0771. The first kappa shape index (κ1) is 11.2. The van der Waals surface area contributed by atoms with E-state index < -0.39 is 5.60 Å². The Bertz CT molecular complexity index is 340. The van der Waals surface area contributed by atoms with Crippen molar-refractivity contribution < 1.29 is 19.4 Å². The summed E-state index contributed by atoms with van der Waals surface area (Å²) in [5.41, 5.74) is -1.03. The van der Waals surface area contributed by atoms with Crippen molar-refractivity contribution in [3.63, 3.8) is 0 Å². The van der Waals surface area contributed by atoms with E-state index in [0.717, 1.165) is 12.8 Å². The van der Waals surface area contributed by atoms with E-state index in [1.54, 1.807) is 0 Å². The lowest BCUT2D eigenvalue weighted by atomic mass is 9.94. The van der Waals surface area contributed by atoms with E-state index >= 15 is 0 Å². The molecule has 3 atom stereocenters. The number of hydrogen-bond acceptors (Lipinski definition) is 4. The molecule has 3 unspecified atom stereocenters. The van der Waals surface area contributed by atoms with E-state index in [2.05, 4.69) is 0 Å². The van der Waals surface area contributed by atoms with Crippen molar-refractivity contribution >= 4 is 11.8 Å². The van der Waals surface area contributed by atoms with Crippen LogP contribution in [0.25, 0.3) is 0 Å². The molecule has 2 amide bonds. The fourth-order valence-corrected chi connectivity index (χ4v) is 3.15. The summed E-state index contributed by atoms with van der Waals surface area (Å²) < 4.78 is 5.14. The summed E-state index contributed by atoms with van der Waals surface area (Å²) in [6, 6.07) is 0. The standard InChI is InChI=1S/C12H17NO4/c14-10-8-1-2-9(5-8)11(15)13(10)6-12(16)3-4-17-7-12/h8-9,16H,1-7H2. The van der Waals surface area contributed by atoms with Crippen LogP contribution >= 0.6 is 0 Å². The van der Waals surface area contributed by atoms with Crippen LogP contribution in [0.15, 0.2) is 0 Å². The van der Waals surface area contributed by atoms with Crippen LogP contribution in [0.4, 0.5) is 0 Å². The second-order valence-electron chi connectivity index (χ2n) is 5.50. The molecule has 0 aromatic rings. The normalized spacial score (nSPS) is 41.4. The number of carbonyl (C=O) groups is 2. The summed E-state index contributed by atoms with van der Waals surface area (Å²) in [6.07, 6.45) is 2.85. The molecule has 1 aliphatic carbocycles. The molecule has 2 heterocycles. The number of piperidine rings is 1. The molecule has 3 aliphatic rings. The highest BCUT2D eigenvalue weighted by Gasteiger charge is 2.48. The number of fused-ring (bicyclic) bond motifs is 2. The molecule has 2 bridgehead atoms. The SMILES string of the molecule is O=C1C2CCC(C2)C(=O)N1CC1(O)CCOC1. The van der Waals surface area contributed by atoms with Crippen molar-refractivity contribution in [1.29, 1.82) is 0 Å². The van der Waals surface area contributed by atoms with Crippen LogP contribution in [0.3, 0.4) is 0 Å². The van der Waals surface area contributed by atoms with E-state index in [0.29, 0.717) is 19.4 Å². The van der Waals surface area contributed by atoms with Gasteiger partial charge in [0.25, 0.3) is 0 Å². The summed E-state index contributed by atoms with van der Waals surface area (Å²) >= 11 is 0. The Labute approximate surface area is 99.7 Å². The van der Waals surface area contributed by atoms with Gasteiger partial charge in [0.2, 0.25) is 11.8 Å². The maximum atomic E-state index is 12.1. The first-order valence-electron chi connectivity index (χ1n) is 6.24. The van der Waals surface area contributed by atoms with E-state index in [4.69, 9.17) is 4.74 Å². The van der Waals surface area contributed by atoms with Gasteiger partial charge in [0, 0.05) is 24.9 Å². The summed E-state index contributed by atoms with van der Waals surface area (Å²) in [4.78, 5) is 25.4. The molecule has 17 heavy (non-hydrogen) atoms. The number of β-amino-alcohol motifs (C(OH)–C–C–N with tert-alkyl or cyclic N) is 1. The quantitative estimate of drug-likeness (QED) is 0.685. The molecule has 1 saturated carbocycles. The minimum atomic E-state index is -1.03. The Morgan fingerprint density at radius 3 is 2.47 bits per heavy atom. The Kier molecular flexibility index (Phi) is 2.48. The van der Waals surface area contributed by atoms with Gasteiger partial charge in [-0.1, -0.05) is 0 Å². The van der Waals surface area contributed by atoms with Gasteiger partial charge < -0.3 is 9.84 Å². The van der Waals surface area contributed by atoms with Gasteiger partial charge in [-0.15, -0.1) is 0 Å². The van der Waals surface area contributed by atoms with E-state index in [-0.39, 0.29) is 36.8 Å². The number of imide groups is 1. The van der Waals surface area contributed by atoms with Gasteiger partial charge in [-0.25, -0.2) is 0 Å². The van der Waals surface area contributed by atoms with Crippen molar-refractivity contribution in [2.24, 2.45) is 11.8 Å². The summed E-state index contributed by atoms with van der Waals surface area (Å²) in [6.45, 7) is 0.830. The molecule has 3 fully saturated rings. The number of amides is 2. The molecule has 5 nitrogen and oxygen atoms in total. The van der Waals surface area contributed by atoms with Crippen LogP contribution < -0.4 is 0 Å². The molecule has 3 rings (SSSR count). The van der Waals surface area contributed by atoms with E-state index in [1.807, 2.05) is 0 Å². The first-order valence-corrected chi connectivity index (χ1v) is 6.24. The highest BCUT2D eigenvalue weighted by atomic mass is 16.5. The smallest absolute Gasteiger partial charge is 0.232 e. The molecule has 2 aliphatic heterocycles. The van der Waals surface area contributed by atoms with Crippen molar-refractivity contribution in [2.75, 3.05) is 19.8 Å². The average molecular weight is 239 g/mol. The second kappa shape index (κ2) is 3.78. The number of nitrogens with zero attached hydrogens (tertiary/aromatic N) is 1. The van der Waals surface area contributed by atoms with Crippen molar-refractivity contribution in [3.05, 3.63) is 0 Å². The molecule has 1 N–H and O–H groups in total. The highest BCUT2D eigenvalue weighted by molar-refractivity contribution is 6.01. The second-order valence-corrected chi connectivity index (χ2v) is 5.50. The van der Waals surface area contributed by atoms with Gasteiger partial charge in [-0.2, -0.15) is 0 Å². The fourth-order valence-electron chi connectivity index (χ4n) is 3.15. The number of carbonyl (C=O) groups excluding carboxylic acids is 2. The maximum absolute atomic E-state index is 12.1. The third-order valence-electron chi connectivity index (χ3n) is 4.20. The van der Waals surface area contributed by atoms with Crippen LogP contribution in [-0.4, -0.2) is 47.2 Å². The lowest BCUT2D eigenvalue weighted by Gasteiger charge is -2.34. The highest BCUT2D eigenvalue weighted by Crippen LogP contribution is 2.39. The lowest BCUT2D eigenvalue weighted by Crippen LogP contribution is -2.53. The maximum Gasteiger partial charge on any atom is 0.232 e. The first-order chi connectivity index (χ1) is 8.09. The zero-order valence-corrected chi connectivity index (χ0v) is 9.72. The minimum absolute atomic E-state index is 0.00335. The van der Waals surface area contributed by atoms with Crippen LogP contribution in [0, 0.1) is 11.8 Å². The lowest BCUT2D eigenvalue weighted by molar-refractivity contribution is -0.157. The monoisotopic (exact) mass is 239 g/mol. The van der Waals surface area contributed by atoms with Gasteiger partial charge in [0.05, 0.1) is 13.2 Å². The Balaban J connectivity index is 1.77. The van der Waals surface area contributed by atoms with Crippen LogP contribution in [0.2, 0.25) is 0 Å². The van der Waals surface area contributed by atoms with Gasteiger partial charge in [0.15, 0.2) is 0 Å². The third-order valence-corrected chi connectivity index (χ3v) is 4.20. The topological polar surface area (TPSA) is 66.8 Å². The summed E-state index contributed by atoms with van der Waals surface area (Å²) in [7, 11) is 0. The van der Waals surface area contributed by atoms with E-state index in [9.17, 15) is 14.7 Å². The van der Waals surface area contributed by atoms with Crippen molar-refractivity contribution in [1.82, 2.24) is 4.90 Å². The fraction of sp³-hybridized carbons (Fsp3) is 0.833. The molecule has 0 spiro atoms. The molecule has 94 valence electrons. The van der Waals surface area contributed by atoms with Crippen LogP contribution in [0.5, 0.6) is 0 Å². The summed E-state index contributed by atoms with van der Waals surface area (Å²) in [5.74, 6) is -0.180. The molecule has 0 aromatic heterocycles. The third kappa shape index (κ3) is 1.77. The molecular formula is C12H17NO4. The Morgan fingerprint density at radius 2 is 1.94 bits per heavy atom. The number of aliphatic hydroxyl groups is 1. The van der Waals surface area contributed by atoms with Gasteiger partial charge in [0.1, 0.15) is 5.60 Å². The van der Waals surface area contributed by atoms with Crippen LogP contribution in [-0.2, 0) is 14.3 Å². The number of hydrogen-bond donors (Lipinski definition) is 1. The van der Waals surface area contributed by atoms with Gasteiger partial charge >= 0.3 is 0 Å². The van der Waals surface area contributed by atoms with Gasteiger partial charge in [-0.3, -0.25) is 14.5 Å². The summed E-state index contributed by atoms with van der Waals surface area (Å²) in [5, 5.41) is 10.2. The minimum Gasteiger partial charge on any atom is -0.386 e. The zero-order valence-electron chi connectivity index (χ0n) is 9.72. The number of ether oxygens (including phenoxy) is 1. The van der Waals surface area contributed by atoms with Crippen LogP contribution in [0.1, 0.15) is 25.7 Å². The van der Waals surface area contributed by atoms with Gasteiger partial charge in [-0.05, 0) is 19.3 Å². The number of rotatable bonds is 2. The molecule has 5 heteroatoms.